The topological polar surface area (TPSA) is 58.6 Å². The molecular formula is C16H21NO3. The van der Waals surface area contributed by atoms with E-state index in [9.17, 15) is 4.79 Å². The number of ether oxygens (including phenoxy) is 1. The predicted octanol–water partition coefficient (Wildman–Crippen LogP) is 1.50. The average Bonchev–Trinajstić information content (AvgIpc) is 2.45. The number of amides is 1. The van der Waals surface area contributed by atoms with Gasteiger partial charge in [0.25, 0.3) is 5.91 Å². The van der Waals surface area contributed by atoms with Crippen LogP contribution in [0.2, 0.25) is 0 Å². The van der Waals surface area contributed by atoms with Gasteiger partial charge in [-0.2, -0.15) is 0 Å². The Hall–Kier alpha value is -1.83. The van der Waals surface area contributed by atoms with Crippen molar-refractivity contribution >= 4 is 5.91 Å². The summed E-state index contributed by atoms with van der Waals surface area (Å²) >= 11 is 0. The summed E-state index contributed by atoms with van der Waals surface area (Å²) in [6.07, 6.45) is 1.80. The first kappa shape index (κ1) is 16.2. The van der Waals surface area contributed by atoms with Crippen LogP contribution in [0.4, 0.5) is 0 Å². The number of nitrogens with one attached hydrogen (secondary N) is 1. The molecular weight excluding hydrogens is 254 g/mol. The van der Waals surface area contributed by atoms with Crippen molar-refractivity contribution in [3.63, 3.8) is 0 Å². The van der Waals surface area contributed by atoms with Crippen LogP contribution in [0.15, 0.2) is 18.2 Å². The Labute approximate surface area is 120 Å². The third-order valence-electron chi connectivity index (χ3n) is 2.78. The first-order valence-corrected chi connectivity index (χ1v) is 6.66. The van der Waals surface area contributed by atoms with E-state index in [1.165, 1.54) is 0 Å². The van der Waals surface area contributed by atoms with Crippen LogP contribution in [-0.2, 0) is 4.74 Å². The largest absolute Gasteiger partial charge is 0.385 e. The van der Waals surface area contributed by atoms with Crippen LogP contribution in [0.25, 0.3) is 0 Å². The van der Waals surface area contributed by atoms with Crippen molar-refractivity contribution < 1.29 is 14.6 Å². The van der Waals surface area contributed by atoms with E-state index in [-0.39, 0.29) is 12.5 Å². The van der Waals surface area contributed by atoms with Gasteiger partial charge in [-0.05, 0) is 31.9 Å². The summed E-state index contributed by atoms with van der Waals surface area (Å²) in [6.45, 7) is 3.03. The van der Waals surface area contributed by atoms with Gasteiger partial charge in [-0.3, -0.25) is 4.79 Å². The van der Waals surface area contributed by atoms with Gasteiger partial charge in [0.05, 0.1) is 5.56 Å². The van der Waals surface area contributed by atoms with Crippen molar-refractivity contribution in [1.29, 1.82) is 0 Å². The van der Waals surface area contributed by atoms with Crippen LogP contribution in [0.1, 0.15) is 34.3 Å². The van der Waals surface area contributed by atoms with E-state index in [4.69, 9.17) is 9.84 Å². The lowest BCUT2D eigenvalue weighted by Gasteiger charge is -2.08. The molecule has 20 heavy (non-hydrogen) atoms. The van der Waals surface area contributed by atoms with Gasteiger partial charge >= 0.3 is 0 Å². The number of carbonyl (C=O) groups excluding carboxylic acids is 1. The second-order valence-corrected chi connectivity index (χ2v) is 4.46. The smallest absolute Gasteiger partial charge is 0.252 e. The molecule has 108 valence electrons. The molecule has 0 aliphatic heterocycles. The van der Waals surface area contributed by atoms with Gasteiger partial charge in [-0.25, -0.2) is 0 Å². The lowest BCUT2D eigenvalue weighted by molar-refractivity contribution is 0.0951. The van der Waals surface area contributed by atoms with Crippen LogP contribution in [0, 0.1) is 18.8 Å². The summed E-state index contributed by atoms with van der Waals surface area (Å²) in [5, 5.41) is 11.6. The fourth-order valence-corrected chi connectivity index (χ4v) is 1.76. The minimum absolute atomic E-state index is 0.131. The van der Waals surface area contributed by atoms with E-state index in [1.54, 1.807) is 13.2 Å². The molecule has 2 N–H and O–H groups in total. The Bertz CT molecular complexity index is 500. The maximum absolute atomic E-state index is 12.1. The van der Waals surface area contributed by atoms with Crippen LogP contribution in [0.5, 0.6) is 0 Å². The molecule has 0 aliphatic rings. The molecule has 0 heterocycles. The molecule has 1 aromatic rings. The maximum Gasteiger partial charge on any atom is 0.252 e. The van der Waals surface area contributed by atoms with Gasteiger partial charge in [0, 0.05) is 25.8 Å². The Morgan fingerprint density at radius 3 is 2.90 bits per heavy atom. The lowest BCUT2D eigenvalue weighted by atomic mass is 10.0. The summed E-state index contributed by atoms with van der Waals surface area (Å²) in [4.78, 5) is 12.1. The molecule has 0 atom stereocenters. The molecule has 0 fully saturated rings. The van der Waals surface area contributed by atoms with Crippen molar-refractivity contribution in [1.82, 2.24) is 5.32 Å². The highest BCUT2D eigenvalue weighted by Gasteiger charge is 2.09. The fourth-order valence-electron chi connectivity index (χ4n) is 1.76. The highest BCUT2D eigenvalue weighted by Crippen LogP contribution is 2.11. The van der Waals surface area contributed by atoms with Gasteiger partial charge in [-0.15, -0.1) is 0 Å². The van der Waals surface area contributed by atoms with Crippen molar-refractivity contribution in [2.24, 2.45) is 0 Å². The van der Waals surface area contributed by atoms with Crippen molar-refractivity contribution in [3.05, 3.63) is 34.9 Å². The number of benzene rings is 1. The van der Waals surface area contributed by atoms with Crippen LogP contribution < -0.4 is 5.32 Å². The van der Waals surface area contributed by atoms with E-state index in [0.29, 0.717) is 24.3 Å². The number of aliphatic hydroxyl groups is 1. The Balaban J connectivity index is 2.68. The average molecular weight is 275 g/mol. The molecule has 4 nitrogen and oxygen atoms in total. The second-order valence-electron chi connectivity index (χ2n) is 4.46. The van der Waals surface area contributed by atoms with Crippen molar-refractivity contribution in [3.8, 4) is 11.8 Å². The quantitative estimate of drug-likeness (QED) is 0.611. The number of unbranched alkanes of at least 4 members (excludes halogenated alkanes) is 1. The number of hydrogen-bond donors (Lipinski definition) is 2. The molecule has 0 aliphatic carbocycles. The molecule has 0 radical (unpaired) electrons. The molecule has 1 rings (SSSR count). The van der Waals surface area contributed by atoms with Crippen LogP contribution in [-0.4, -0.2) is 37.9 Å². The zero-order valence-electron chi connectivity index (χ0n) is 12.0. The van der Waals surface area contributed by atoms with Gasteiger partial charge < -0.3 is 15.2 Å². The van der Waals surface area contributed by atoms with Crippen molar-refractivity contribution in [2.45, 2.75) is 19.8 Å². The van der Waals surface area contributed by atoms with Gasteiger partial charge in [-0.1, -0.05) is 23.5 Å². The third-order valence-corrected chi connectivity index (χ3v) is 2.78. The molecule has 0 bridgehead atoms. The molecule has 0 saturated carbocycles. The van der Waals surface area contributed by atoms with Gasteiger partial charge in [0.2, 0.25) is 0 Å². The minimum atomic E-state index is -0.216. The number of hydrogen-bond acceptors (Lipinski definition) is 3. The second kappa shape index (κ2) is 9.13. The summed E-state index contributed by atoms with van der Waals surface area (Å²) in [5.74, 6) is 5.24. The standard InChI is InChI=1S/C16H21NO3/c1-13-7-8-14(6-5-10-18)15(12-13)16(19)17-9-3-4-11-20-2/h7-8,12,18H,3-4,9-11H2,1-2H3,(H,17,19). The molecule has 1 aromatic carbocycles. The number of carbonyl (C=O) groups is 1. The molecule has 0 saturated heterocycles. The molecule has 4 heteroatoms. The maximum atomic E-state index is 12.1. The number of methoxy groups -OCH3 is 1. The summed E-state index contributed by atoms with van der Waals surface area (Å²) in [5.41, 5.74) is 2.20. The molecule has 0 aromatic heterocycles. The summed E-state index contributed by atoms with van der Waals surface area (Å²) < 4.78 is 4.96. The van der Waals surface area contributed by atoms with E-state index >= 15 is 0 Å². The van der Waals surface area contributed by atoms with Crippen molar-refractivity contribution in [2.75, 3.05) is 26.9 Å². The Kier molecular flexibility index (Phi) is 7.41. The number of rotatable bonds is 6. The Morgan fingerprint density at radius 1 is 1.40 bits per heavy atom. The first-order chi connectivity index (χ1) is 9.69. The highest BCUT2D eigenvalue weighted by molar-refractivity contribution is 5.96. The minimum Gasteiger partial charge on any atom is -0.385 e. The van der Waals surface area contributed by atoms with Gasteiger partial charge in [0.15, 0.2) is 0 Å². The Morgan fingerprint density at radius 2 is 2.20 bits per heavy atom. The van der Waals surface area contributed by atoms with E-state index in [2.05, 4.69) is 17.2 Å². The number of aliphatic hydroxyl groups excluding tert-OH is 1. The number of aryl methyl sites for hydroxylation is 1. The molecule has 0 spiro atoms. The fraction of sp³-hybridized carbons (Fsp3) is 0.438. The zero-order valence-corrected chi connectivity index (χ0v) is 12.0. The molecule has 0 unspecified atom stereocenters. The predicted molar refractivity (Wildman–Crippen MR) is 78.6 cm³/mol. The van der Waals surface area contributed by atoms with E-state index in [0.717, 1.165) is 18.4 Å². The van der Waals surface area contributed by atoms with E-state index in [1.807, 2.05) is 19.1 Å². The lowest BCUT2D eigenvalue weighted by Crippen LogP contribution is -2.25. The monoisotopic (exact) mass is 275 g/mol. The normalized spacial score (nSPS) is 9.75. The third kappa shape index (κ3) is 5.43. The zero-order chi connectivity index (χ0) is 14.8. The van der Waals surface area contributed by atoms with Gasteiger partial charge in [0.1, 0.15) is 6.61 Å². The van der Waals surface area contributed by atoms with Crippen LogP contribution >= 0.6 is 0 Å². The first-order valence-electron chi connectivity index (χ1n) is 6.66. The SMILES string of the molecule is COCCCCNC(=O)c1cc(C)ccc1C#CCO. The molecule has 1 amide bonds. The summed E-state index contributed by atoms with van der Waals surface area (Å²) in [7, 11) is 1.66. The van der Waals surface area contributed by atoms with Crippen LogP contribution in [0.3, 0.4) is 0 Å². The summed E-state index contributed by atoms with van der Waals surface area (Å²) in [6, 6.07) is 5.51. The highest BCUT2D eigenvalue weighted by atomic mass is 16.5. The van der Waals surface area contributed by atoms with E-state index < -0.39 is 0 Å².